The number of para-hydroxylation sites is 2. The number of aromatic nitrogens is 3. The Morgan fingerprint density at radius 3 is 2.27 bits per heavy atom. The van der Waals surface area contributed by atoms with Crippen molar-refractivity contribution >= 4 is 40.7 Å². The number of phenolic OH excluding ortho intramolecular Hbond substituents is 1. The van der Waals surface area contributed by atoms with E-state index in [-0.39, 0.29) is 35.7 Å². The first-order chi connectivity index (χ1) is 21.0. The summed E-state index contributed by atoms with van der Waals surface area (Å²) in [6.07, 6.45) is 1.33. The van der Waals surface area contributed by atoms with Gasteiger partial charge in [-0.25, -0.2) is 32.8 Å². The quantitative estimate of drug-likeness (QED) is 0.207. The van der Waals surface area contributed by atoms with Crippen molar-refractivity contribution in [2.24, 2.45) is 0 Å². The van der Waals surface area contributed by atoms with Gasteiger partial charge in [-0.15, -0.1) is 23.2 Å². The van der Waals surface area contributed by atoms with Crippen LogP contribution in [0.2, 0.25) is 0 Å². The molecule has 1 saturated heterocycles. The van der Waals surface area contributed by atoms with Crippen LogP contribution in [0, 0.1) is 5.82 Å². The monoisotopic (exact) mass is 636 g/mol. The Morgan fingerprint density at radius 1 is 0.886 bits per heavy atom. The smallest absolute Gasteiger partial charge is 0.352 e. The SMILES string of the molecule is COc1cccc(C2C3=CCn4c(=O)n(-c5ccccc5)c(=O)n4C3CC3(Cl)C(=O)N(c4ccc(F)cc4)C(=O)C23Cl)c1O. The van der Waals surface area contributed by atoms with Gasteiger partial charge in [-0.1, -0.05) is 36.4 Å². The molecular weight excluding hydrogens is 614 g/mol. The first kappa shape index (κ1) is 28.2. The molecule has 224 valence electrons. The third-order valence-corrected chi connectivity index (χ3v) is 10.2. The highest BCUT2D eigenvalue weighted by Gasteiger charge is 2.76. The van der Waals surface area contributed by atoms with Gasteiger partial charge in [-0.3, -0.25) is 9.59 Å². The largest absolute Gasteiger partial charge is 0.504 e. The Hall–Kier alpha value is -4.61. The lowest BCUT2D eigenvalue weighted by atomic mass is 9.64. The van der Waals surface area contributed by atoms with Crippen LogP contribution in [0.1, 0.15) is 23.9 Å². The molecule has 2 fully saturated rings. The first-order valence-corrected chi connectivity index (χ1v) is 14.4. The topological polar surface area (TPSA) is 116 Å². The van der Waals surface area contributed by atoms with Crippen LogP contribution in [0.3, 0.4) is 0 Å². The Labute approximate surface area is 258 Å². The van der Waals surface area contributed by atoms with Crippen molar-refractivity contribution in [1.29, 1.82) is 0 Å². The average Bonchev–Trinajstić information content (AvgIpc) is 3.36. The summed E-state index contributed by atoms with van der Waals surface area (Å²) in [5.74, 6) is -3.85. The van der Waals surface area contributed by atoms with Crippen molar-refractivity contribution < 1.29 is 23.8 Å². The molecule has 7 rings (SSSR count). The number of amides is 2. The summed E-state index contributed by atoms with van der Waals surface area (Å²) in [6.45, 7) is -0.0625. The Balaban J connectivity index is 1.49. The molecular formula is C31H23Cl2FN4O6. The first-order valence-electron chi connectivity index (χ1n) is 13.6. The minimum absolute atomic E-state index is 0.0470. The zero-order chi connectivity index (χ0) is 31.1. The second kappa shape index (κ2) is 9.70. The van der Waals surface area contributed by atoms with Crippen molar-refractivity contribution in [3.63, 3.8) is 0 Å². The molecule has 4 unspecified atom stereocenters. The predicted molar refractivity (Wildman–Crippen MR) is 159 cm³/mol. The maximum atomic E-state index is 14.4. The molecule has 2 amide bonds. The fourth-order valence-electron chi connectivity index (χ4n) is 6.74. The van der Waals surface area contributed by atoms with Gasteiger partial charge < -0.3 is 9.84 Å². The summed E-state index contributed by atoms with van der Waals surface area (Å²) in [7, 11) is 1.36. The average molecular weight is 637 g/mol. The Bertz CT molecular complexity index is 2020. The van der Waals surface area contributed by atoms with E-state index in [4.69, 9.17) is 27.9 Å². The molecule has 3 heterocycles. The van der Waals surface area contributed by atoms with Crippen molar-refractivity contribution in [2.45, 2.75) is 34.7 Å². The number of carbonyl (C=O) groups is 2. The van der Waals surface area contributed by atoms with E-state index in [0.717, 1.165) is 21.6 Å². The molecule has 1 saturated carbocycles. The highest BCUT2D eigenvalue weighted by molar-refractivity contribution is 6.58. The zero-order valence-electron chi connectivity index (χ0n) is 23.0. The minimum Gasteiger partial charge on any atom is -0.504 e. The van der Waals surface area contributed by atoms with Crippen LogP contribution in [0.4, 0.5) is 10.1 Å². The van der Waals surface area contributed by atoms with E-state index in [1.54, 1.807) is 42.5 Å². The molecule has 4 aromatic rings. The number of fused-ring (bicyclic) bond motifs is 4. The number of ether oxygens (including phenoxy) is 1. The van der Waals surface area contributed by atoms with Gasteiger partial charge in [-0.2, -0.15) is 0 Å². The Kier molecular flexibility index (Phi) is 6.21. The summed E-state index contributed by atoms with van der Waals surface area (Å²) in [6, 6.07) is 16.7. The number of phenols is 1. The lowest BCUT2D eigenvalue weighted by molar-refractivity contribution is -0.122. The number of nitrogens with zero attached hydrogens (tertiary/aromatic N) is 4. The lowest BCUT2D eigenvalue weighted by Gasteiger charge is -2.49. The second-order valence-electron chi connectivity index (χ2n) is 10.9. The summed E-state index contributed by atoms with van der Waals surface area (Å²) < 4.78 is 22.6. The van der Waals surface area contributed by atoms with E-state index in [2.05, 4.69) is 0 Å². The summed E-state index contributed by atoms with van der Waals surface area (Å²) in [5.41, 5.74) is -0.350. The van der Waals surface area contributed by atoms with Gasteiger partial charge in [0.15, 0.2) is 21.2 Å². The van der Waals surface area contributed by atoms with Crippen molar-refractivity contribution in [2.75, 3.05) is 12.0 Å². The molecule has 3 aromatic carbocycles. The normalized spacial score (nSPS) is 25.7. The molecule has 1 aromatic heterocycles. The number of hydrogen-bond acceptors (Lipinski definition) is 6. The van der Waals surface area contributed by atoms with Crippen LogP contribution in [0.5, 0.6) is 11.5 Å². The molecule has 13 heteroatoms. The standard InChI is InChI=1S/C31H23Cl2FN4O6/c1-44-23-9-5-8-21(25(23)39)24-20-14-15-35-28(42)37(18-6-3-2-4-7-18)29(43)38(35)22(20)16-30(32)26(40)36(27(41)31(24,30)33)19-12-10-17(34)11-13-19/h2-14,22,24,39H,15-16H2,1H3. The van der Waals surface area contributed by atoms with Crippen LogP contribution in [-0.4, -0.2) is 47.7 Å². The summed E-state index contributed by atoms with van der Waals surface area (Å²) in [5, 5.41) is 11.3. The summed E-state index contributed by atoms with van der Waals surface area (Å²) >= 11 is 14.6. The molecule has 0 bridgehead atoms. The van der Waals surface area contributed by atoms with E-state index in [9.17, 15) is 28.7 Å². The second-order valence-corrected chi connectivity index (χ2v) is 12.1. The molecule has 4 atom stereocenters. The number of aromatic hydroxyl groups is 1. The number of halogens is 3. The van der Waals surface area contributed by atoms with Gasteiger partial charge in [0.05, 0.1) is 31.1 Å². The maximum Gasteiger partial charge on any atom is 0.352 e. The third-order valence-electron chi connectivity index (χ3n) is 8.74. The number of hydrogen-bond donors (Lipinski definition) is 1. The van der Waals surface area contributed by atoms with Crippen LogP contribution in [0.25, 0.3) is 5.69 Å². The van der Waals surface area contributed by atoms with E-state index in [1.807, 2.05) is 0 Å². The van der Waals surface area contributed by atoms with Gasteiger partial charge in [0, 0.05) is 17.9 Å². The molecule has 0 radical (unpaired) electrons. The van der Waals surface area contributed by atoms with Crippen LogP contribution < -0.4 is 21.0 Å². The zero-order valence-corrected chi connectivity index (χ0v) is 24.5. The highest BCUT2D eigenvalue weighted by atomic mass is 35.5. The molecule has 1 aliphatic carbocycles. The number of rotatable bonds is 4. The van der Waals surface area contributed by atoms with E-state index in [1.165, 1.54) is 40.7 Å². The third kappa shape index (κ3) is 3.53. The Morgan fingerprint density at radius 2 is 1.59 bits per heavy atom. The summed E-state index contributed by atoms with van der Waals surface area (Å²) in [4.78, 5) is 52.6. The minimum atomic E-state index is -2.21. The van der Waals surface area contributed by atoms with E-state index in [0.29, 0.717) is 11.3 Å². The molecule has 0 spiro atoms. The van der Waals surface area contributed by atoms with Gasteiger partial charge >= 0.3 is 11.4 Å². The number of alkyl halides is 2. The van der Waals surface area contributed by atoms with Crippen molar-refractivity contribution in [3.05, 3.63) is 117 Å². The van der Waals surface area contributed by atoms with Crippen LogP contribution in [0.15, 0.2) is 94.0 Å². The number of allylic oxidation sites excluding steroid dienone is 2. The van der Waals surface area contributed by atoms with Gasteiger partial charge in [0.25, 0.3) is 11.8 Å². The number of benzene rings is 3. The van der Waals surface area contributed by atoms with Crippen LogP contribution >= 0.6 is 23.2 Å². The number of anilines is 1. The molecule has 44 heavy (non-hydrogen) atoms. The van der Waals surface area contributed by atoms with Crippen molar-refractivity contribution in [1.82, 2.24) is 13.9 Å². The number of carbonyl (C=O) groups excluding carboxylic acids is 2. The fourth-order valence-corrected chi connectivity index (χ4v) is 7.65. The van der Waals surface area contributed by atoms with Gasteiger partial charge in [0.1, 0.15) is 5.82 Å². The predicted octanol–water partition coefficient (Wildman–Crippen LogP) is 3.85. The van der Waals surface area contributed by atoms with Gasteiger partial charge in [-0.05, 0) is 48.0 Å². The molecule has 2 aliphatic heterocycles. The van der Waals surface area contributed by atoms with E-state index >= 15 is 0 Å². The number of imide groups is 1. The molecule has 3 aliphatic rings. The molecule has 1 N–H and O–H groups in total. The fraction of sp³-hybridized carbons (Fsp3) is 0.226. The highest BCUT2D eigenvalue weighted by Crippen LogP contribution is 2.65. The number of methoxy groups -OCH3 is 1. The van der Waals surface area contributed by atoms with Gasteiger partial charge in [0.2, 0.25) is 0 Å². The maximum absolute atomic E-state index is 14.4. The van der Waals surface area contributed by atoms with Crippen molar-refractivity contribution in [3.8, 4) is 17.2 Å². The molecule has 10 nitrogen and oxygen atoms in total. The lowest BCUT2D eigenvalue weighted by Crippen LogP contribution is -2.59. The van der Waals surface area contributed by atoms with Crippen LogP contribution in [-0.2, 0) is 16.1 Å². The van der Waals surface area contributed by atoms with E-state index < -0.39 is 50.7 Å².